The summed E-state index contributed by atoms with van der Waals surface area (Å²) in [6.07, 6.45) is 0. The number of benzene rings is 4. The number of hydrogen-bond acceptors (Lipinski definition) is 5. The van der Waals surface area contributed by atoms with E-state index in [9.17, 15) is 9.59 Å². The highest BCUT2D eigenvalue weighted by Crippen LogP contribution is 2.32. The zero-order valence-corrected chi connectivity index (χ0v) is 21.3. The molecule has 0 radical (unpaired) electrons. The monoisotopic (exact) mass is 520 g/mol. The number of aryl methyl sites for hydroxylation is 2. The molecule has 2 aromatic heterocycles. The topological polar surface area (TPSA) is 85.3 Å². The fourth-order valence-corrected chi connectivity index (χ4v) is 4.68. The van der Waals surface area contributed by atoms with Crippen LogP contribution < -0.4 is 10.9 Å². The Hall–Kier alpha value is -4.68. The summed E-state index contributed by atoms with van der Waals surface area (Å²) in [5, 5.41) is 4.07. The van der Waals surface area contributed by atoms with E-state index in [4.69, 9.17) is 20.4 Å². The Morgan fingerprint density at radius 2 is 1.63 bits per heavy atom. The summed E-state index contributed by atoms with van der Waals surface area (Å²) in [6, 6.07) is 25.1. The maximum atomic E-state index is 13.0. The van der Waals surface area contributed by atoms with Gasteiger partial charge in [-0.25, -0.2) is 9.78 Å². The SMILES string of the molecule is Cc1cc(C)c2oc(-c3ccc(Cl)c(NC(=O)c4ccc(-c5cc6ccccc6oc5=O)cc4)c3)nc2c1. The normalized spacial score (nSPS) is 11.2. The molecule has 2 heterocycles. The largest absolute Gasteiger partial charge is 0.436 e. The first kappa shape index (κ1) is 23.7. The first-order valence-corrected chi connectivity index (χ1v) is 12.4. The Balaban J connectivity index is 1.26. The minimum atomic E-state index is -0.436. The Labute approximate surface area is 222 Å². The third kappa shape index (κ3) is 4.35. The Morgan fingerprint density at radius 1 is 0.868 bits per heavy atom. The fraction of sp³-hybridized carbons (Fsp3) is 0.0645. The predicted octanol–water partition coefficient (Wildman–Crippen LogP) is 7.79. The van der Waals surface area contributed by atoms with Gasteiger partial charge in [0.05, 0.1) is 16.3 Å². The summed E-state index contributed by atoms with van der Waals surface area (Å²) in [5.41, 5.74) is 6.32. The van der Waals surface area contributed by atoms with Crippen LogP contribution in [0.4, 0.5) is 5.69 Å². The second kappa shape index (κ2) is 9.32. The van der Waals surface area contributed by atoms with Gasteiger partial charge in [-0.05, 0) is 79.1 Å². The summed E-state index contributed by atoms with van der Waals surface area (Å²) in [5.74, 6) is 0.101. The molecule has 6 aromatic rings. The van der Waals surface area contributed by atoms with Crippen LogP contribution in [0.5, 0.6) is 0 Å². The van der Waals surface area contributed by atoms with Gasteiger partial charge in [-0.2, -0.15) is 0 Å². The molecule has 0 unspecified atom stereocenters. The van der Waals surface area contributed by atoms with Crippen molar-refractivity contribution in [2.45, 2.75) is 13.8 Å². The van der Waals surface area contributed by atoms with E-state index in [1.54, 1.807) is 54.6 Å². The molecule has 1 amide bonds. The van der Waals surface area contributed by atoms with Gasteiger partial charge in [-0.15, -0.1) is 0 Å². The van der Waals surface area contributed by atoms with Crippen LogP contribution in [0.25, 0.3) is 44.7 Å². The number of amides is 1. The molecule has 4 aromatic carbocycles. The van der Waals surface area contributed by atoms with Gasteiger partial charge in [0, 0.05) is 16.5 Å². The maximum absolute atomic E-state index is 13.0. The number of halogens is 1. The van der Waals surface area contributed by atoms with Gasteiger partial charge in [0.2, 0.25) is 5.89 Å². The number of fused-ring (bicyclic) bond motifs is 2. The first-order valence-electron chi connectivity index (χ1n) is 12.0. The molecule has 0 bridgehead atoms. The van der Waals surface area contributed by atoms with Crippen molar-refractivity contribution >= 4 is 45.3 Å². The highest BCUT2D eigenvalue weighted by Gasteiger charge is 2.15. The van der Waals surface area contributed by atoms with Crippen LogP contribution in [-0.2, 0) is 0 Å². The van der Waals surface area contributed by atoms with Crippen LogP contribution in [0.1, 0.15) is 21.5 Å². The number of rotatable bonds is 4. The number of carbonyl (C=O) groups excluding carboxylic acids is 1. The molecule has 186 valence electrons. The highest BCUT2D eigenvalue weighted by atomic mass is 35.5. The van der Waals surface area contributed by atoms with Crippen LogP contribution in [0.2, 0.25) is 5.02 Å². The number of anilines is 1. The van der Waals surface area contributed by atoms with Crippen LogP contribution in [0.3, 0.4) is 0 Å². The minimum absolute atomic E-state index is 0.342. The summed E-state index contributed by atoms with van der Waals surface area (Å²) in [4.78, 5) is 30.2. The van der Waals surface area contributed by atoms with Crippen molar-refractivity contribution < 1.29 is 13.6 Å². The van der Waals surface area contributed by atoms with E-state index in [2.05, 4.69) is 10.3 Å². The van der Waals surface area contributed by atoms with Crippen molar-refractivity contribution in [3.8, 4) is 22.6 Å². The second-order valence-corrected chi connectivity index (χ2v) is 9.57. The molecule has 0 aliphatic carbocycles. The molecule has 6 rings (SSSR count). The molecule has 0 saturated heterocycles. The lowest BCUT2D eigenvalue weighted by Gasteiger charge is -2.09. The molecule has 0 saturated carbocycles. The lowest BCUT2D eigenvalue weighted by molar-refractivity contribution is 0.102. The van der Waals surface area contributed by atoms with Crippen molar-refractivity contribution in [1.29, 1.82) is 0 Å². The Bertz CT molecular complexity index is 1920. The lowest BCUT2D eigenvalue weighted by Crippen LogP contribution is -2.12. The highest BCUT2D eigenvalue weighted by molar-refractivity contribution is 6.34. The number of aromatic nitrogens is 1. The fourth-order valence-electron chi connectivity index (χ4n) is 4.51. The van der Waals surface area contributed by atoms with Gasteiger partial charge in [0.25, 0.3) is 5.91 Å². The molecule has 0 spiro atoms. The number of carbonyl (C=O) groups is 1. The number of oxazole rings is 1. The molecular formula is C31H21ClN2O4. The van der Waals surface area contributed by atoms with Gasteiger partial charge >= 0.3 is 5.63 Å². The molecule has 38 heavy (non-hydrogen) atoms. The van der Waals surface area contributed by atoms with Crippen LogP contribution >= 0.6 is 11.6 Å². The predicted molar refractivity (Wildman–Crippen MR) is 150 cm³/mol. The molecule has 6 nitrogen and oxygen atoms in total. The quantitative estimate of drug-likeness (QED) is 0.240. The second-order valence-electron chi connectivity index (χ2n) is 9.16. The number of para-hydroxylation sites is 1. The average Bonchev–Trinajstić information content (AvgIpc) is 3.34. The van der Waals surface area contributed by atoms with Crippen molar-refractivity contribution in [3.05, 3.63) is 117 Å². The van der Waals surface area contributed by atoms with Gasteiger partial charge < -0.3 is 14.2 Å². The van der Waals surface area contributed by atoms with Crippen molar-refractivity contribution in [2.24, 2.45) is 0 Å². The summed E-state index contributed by atoms with van der Waals surface area (Å²) in [7, 11) is 0. The molecule has 0 aliphatic heterocycles. The lowest BCUT2D eigenvalue weighted by atomic mass is 10.0. The zero-order valence-electron chi connectivity index (χ0n) is 20.5. The van der Waals surface area contributed by atoms with Crippen LogP contribution in [0, 0.1) is 13.8 Å². The third-order valence-electron chi connectivity index (χ3n) is 6.38. The van der Waals surface area contributed by atoms with E-state index in [-0.39, 0.29) is 5.91 Å². The van der Waals surface area contributed by atoms with E-state index < -0.39 is 5.63 Å². The van der Waals surface area contributed by atoms with Crippen LogP contribution in [-0.4, -0.2) is 10.9 Å². The minimum Gasteiger partial charge on any atom is -0.436 e. The average molecular weight is 521 g/mol. The van der Waals surface area contributed by atoms with E-state index in [0.29, 0.717) is 44.4 Å². The van der Waals surface area contributed by atoms with Gasteiger partial charge in [0.15, 0.2) is 5.58 Å². The van der Waals surface area contributed by atoms with Gasteiger partial charge in [-0.1, -0.05) is 48.0 Å². The smallest absolute Gasteiger partial charge is 0.344 e. The molecule has 0 atom stereocenters. The number of hydrogen-bond donors (Lipinski definition) is 1. The summed E-state index contributed by atoms with van der Waals surface area (Å²) >= 11 is 6.40. The Kier molecular flexibility index (Phi) is 5.81. The zero-order chi connectivity index (χ0) is 26.4. The molecule has 0 aliphatic rings. The van der Waals surface area contributed by atoms with E-state index in [1.165, 1.54) is 0 Å². The van der Waals surface area contributed by atoms with Gasteiger partial charge in [-0.3, -0.25) is 4.79 Å². The maximum Gasteiger partial charge on any atom is 0.344 e. The first-order chi connectivity index (χ1) is 18.4. The molecule has 7 heteroatoms. The molecule has 0 fully saturated rings. The van der Waals surface area contributed by atoms with E-state index in [0.717, 1.165) is 27.6 Å². The van der Waals surface area contributed by atoms with Crippen molar-refractivity contribution in [1.82, 2.24) is 4.98 Å². The van der Waals surface area contributed by atoms with Crippen molar-refractivity contribution in [2.75, 3.05) is 5.32 Å². The van der Waals surface area contributed by atoms with Gasteiger partial charge in [0.1, 0.15) is 11.1 Å². The summed E-state index contributed by atoms with van der Waals surface area (Å²) in [6.45, 7) is 4.00. The van der Waals surface area contributed by atoms with Crippen molar-refractivity contribution in [3.63, 3.8) is 0 Å². The molecule has 1 N–H and O–H groups in total. The summed E-state index contributed by atoms with van der Waals surface area (Å²) < 4.78 is 11.4. The standard InChI is InChI=1S/C31H21ClN2O4/c1-17-13-18(2)28-26(14-17)34-30(38-28)22-11-12-24(32)25(16-22)33-29(35)20-9-7-19(8-10-20)23-15-21-5-3-4-6-27(21)37-31(23)36/h3-16H,1-2H3,(H,33,35). The van der Waals surface area contributed by atoms with E-state index >= 15 is 0 Å². The Morgan fingerprint density at radius 3 is 2.45 bits per heavy atom. The number of nitrogens with zero attached hydrogens (tertiary/aromatic N) is 1. The van der Waals surface area contributed by atoms with E-state index in [1.807, 2.05) is 44.2 Å². The molecular weight excluding hydrogens is 500 g/mol. The number of nitrogens with one attached hydrogen (secondary N) is 1. The van der Waals surface area contributed by atoms with Crippen LogP contribution in [0.15, 0.2) is 98.6 Å². The third-order valence-corrected chi connectivity index (χ3v) is 6.71.